The van der Waals surface area contributed by atoms with E-state index in [1.807, 2.05) is 48.5 Å². The summed E-state index contributed by atoms with van der Waals surface area (Å²) in [4.78, 5) is 14.8. The van der Waals surface area contributed by atoms with Gasteiger partial charge in [0, 0.05) is 24.5 Å². The molecule has 4 rings (SSSR count). The Morgan fingerprint density at radius 1 is 0.970 bits per heavy atom. The summed E-state index contributed by atoms with van der Waals surface area (Å²) in [5.74, 6) is 2.11. The predicted molar refractivity (Wildman–Crippen MR) is 129 cm³/mol. The van der Waals surface area contributed by atoms with Crippen molar-refractivity contribution in [2.45, 2.75) is 13.0 Å². The van der Waals surface area contributed by atoms with E-state index in [4.69, 9.17) is 18.6 Å². The number of halogens is 1. The molecule has 0 saturated heterocycles. The van der Waals surface area contributed by atoms with Crippen LogP contribution in [0.4, 0.5) is 0 Å². The highest BCUT2D eigenvalue weighted by molar-refractivity contribution is 9.10. The number of rotatable bonds is 8. The molecule has 0 aliphatic rings. The van der Waals surface area contributed by atoms with Crippen LogP contribution in [0, 0.1) is 6.92 Å². The molecule has 2 heterocycles. The highest BCUT2D eigenvalue weighted by Gasteiger charge is 2.24. The number of carbonyl (C=O) groups excluding carboxylic acids is 1. The maximum atomic E-state index is 13.3. The number of benzene rings is 2. The summed E-state index contributed by atoms with van der Waals surface area (Å²) in [6.45, 7) is 1.74. The van der Waals surface area contributed by atoms with Crippen LogP contribution < -0.4 is 9.47 Å². The van der Waals surface area contributed by atoms with Crippen LogP contribution >= 0.6 is 27.3 Å². The van der Waals surface area contributed by atoms with Crippen molar-refractivity contribution in [3.8, 4) is 33.4 Å². The fourth-order valence-electron chi connectivity index (χ4n) is 3.37. The molecule has 0 aliphatic carbocycles. The third kappa shape index (κ3) is 4.71. The van der Waals surface area contributed by atoms with Crippen molar-refractivity contribution in [1.82, 2.24) is 10.2 Å². The summed E-state index contributed by atoms with van der Waals surface area (Å²) in [7, 11) is 4.72. The van der Waals surface area contributed by atoms with E-state index < -0.39 is 6.10 Å². The topological polar surface area (TPSA) is 83.7 Å². The van der Waals surface area contributed by atoms with Crippen LogP contribution in [0.2, 0.25) is 0 Å². The average Bonchev–Trinajstić information content (AvgIpc) is 3.50. The van der Waals surface area contributed by atoms with Gasteiger partial charge in [0.15, 0.2) is 0 Å². The zero-order valence-electron chi connectivity index (χ0n) is 18.4. The summed E-state index contributed by atoms with van der Waals surface area (Å²) in [6.07, 6.45) is -0.732. The molecule has 1 atom stereocenters. The number of aryl methyl sites for hydroxylation is 1. The molecule has 170 valence electrons. The summed E-state index contributed by atoms with van der Waals surface area (Å²) in [6, 6.07) is 14.9. The first-order chi connectivity index (χ1) is 15.9. The highest BCUT2D eigenvalue weighted by atomic mass is 79.9. The number of aromatic nitrogens is 2. The van der Waals surface area contributed by atoms with E-state index >= 15 is 0 Å². The molecule has 0 aliphatic heterocycles. The fraction of sp³-hybridized carbons (Fsp3) is 0.208. The number of methoxy groups -OCH3 is 3. The van der Waals surface area contributed by atoms with Crippen LogP contribution in [0.3, 0.4) is 0 Å². The summed E-state index contributed by atoms with van der Waals surface area (Å²) >= 11 is 4.87. The van der Waals surface area contributed by atoms with Gasteiger partial charge in [0.05, 0.1) is 19.1 Å². The van der Waals surface area contributed by atoms with Gasteiger partial charge in [0.25, 0.3) is 0 Å². The first kappa shape index (κ1) is 23.2. The van der Waals surface area contributed by atoms with Crippen LogP contribution in [-0.2, 0) is 4.74 Å². The minimum Gasteiger partial charge on any atom is -0.495 e. The smallest absolute Gasteiger partial charge is 0.247 e. The number of hydrogen-bond acceptors (Lipinski definition) is 8. The molecule has 0 bridgehead atoms. The van der Waals surface area contributed by atoms with Crippen LogP contribution in [-0.4, -0.2) is 37.3 Å². The van der Waals surface area contributed by atoms with Gasteiger partial charge < -0.3 is 18.6 Å². The van der Waals surface area contributed by atoms with E-state index in [1.54, 1.807) is 21.1 Å². The van der Waals surface area contributed by atoms with Gasteiger partial charge in [-0.2, -0.15) is 0 Å². The van der Waals surface area contributed by atoms with Crippen LogP contribution in [0.15, 0.2) is 57.4 Å². The molecule has 1 unspecified atom stereocenters. The Morgan fingerprint density at radius 3 is 2.18 bits per heavy atom. The lowest BCUT2D eigenvalue weighted by molar-refractivity contribution is 0.0609. The van der Waals surface area contributed by atoms with E-state index in [2.05, 4.69) is 26.1 Å². The number of ether oxygens (including phenoxy) is 3. The summed E-state index contributed by atoms with van der Waals surface area (Å²) in [5, 5.41) is 7.87. The Hall–Kier alpha value is -3.01. The van der Waals surface area contributed by atoms with Gasteiger partial charge in [0.1, 0.15) is 22.1 Å². The molecule has 33 heavy (non-hydrogen) atoms. The molecule has 0 fully saturated rings. The number of carbonyl (C=O) groups is 1. The molecule has 0 amide bonds. The van der Waals surface area contributed by atoms with Crippen LogP contribution in [0.25, 0.3) is 21.9 Å². The maximum Gasteiger partial charge on any atom is 0.247 e. The second kappa shape index (κ2) is 9.86. The van der Waals surface area contributed by atoms with Crippen LogP contribution in [0.1, 0.15) is 27.2 Å². The molecular weight excluding hydrogens is 508 g/mol. The number of nitrogens with zero attached hydrogens (tertiary/aromatic N) is 2. The van der Waals surface area contributed by atoms with Crippen molar-refractivity contribution in [3.05, 3.63) is 69.3 Å². The lowest BCUT2D eigenvalue weighted by Gasteiger charge is -2.14. The van der Waals surface area contributed by atoms with Gasteiger partial charge in [0.2, 0.25) is 17.6 Å². The van der Waals surface area contributed by atoms with E-state index in [-0.39, 0.29) is 5.78 Å². The Kier molecular flexibility index (Phi) is 6.92. The SMILES string of the molecule is COc1cc(-c2ccc(C(=O)C(OC)c3ccc(-c4nnc(C)o4)cc3)s2)cc(OC)c1Br. The standard InChI is InChI=1S/C24H21BrN2O5S/c1-13-26-27-24(32-13)15-7-5-14(6-8-15)23(31-4)22(28)20-10-9-19(33-20)16-11-17(29-2)21(25)18(12-16)30-3/h5-12,23H,1-4H3. The summed E-state index contributed by atoms with van der Waals surface area (Å²) < 4.78 is 22.6. The number of hydrogen-bond donors (Lipinski definition) is 0. The molecule has 0 N–H and O–H groups in total. The largest absolute Gasteiger partial charge is 0.495 e. The molecule has 2 aromatic heterocycles. The fourth-order valence-corrected chi connectivity index (χ4v) is 4.88. The van der Waals surface area contributed by atoms with Gasteiger partial charge in [-0.25, -0.2) is 0 Å². The zero-order valence-corrected chi connectivity index (χ0v) is 20.8. The van der Waals surface area contributed by atoms with Crippen molar-refractivity contribution < 1.29 is 23.4 Å². The Labute approximate surface area is 203 Å². The quantitative estimate of drug-likeness (QED) is 0.254. The normalized spacial score (nSPS) is 11.9. The van der Waals surface area contributed by atoms with Gasteiger partial charge in [-0.3, -0.25) is 4.79 Å². The van der Waals surface area contributed by atoms with Crippen molar-refractivity contribution >= 4 is 33.0 Å². The van der Waals surface area contributed by atoms with Crippen molar-refractivity contribution in [1.29, 1.82) is 0 Å². The molecule has 0 saturated carbocycles. The van der Waals surface area contributed by atoms with Gasteiger partial charge in [-0.05, 0) is 63.5 Å². The Morgan fingerprint density at radius 2 is 1.64 bits per heavy atom. The second-order valence-corrected chi connectivity index (χ2v) is 8.96. The van der Waals surface area contributed by atoms with Gasteiger partial charge in [-0.15, -0.1) is 21.5 Å². The van der Waals surface area contributed by atoms with E-state index in [0.29, 0.717) is 28.2 Å². The van der Waals surface area contributed by atoms with Gasteiger partial charge in [-0.1, -0.05) is 12.1 Å². The third-order valence-electron chi connectivity index (χ3n) is 5.04. The predicted octanol–water partition coefficient (Wildman–Crippen LogP) is 6.12. The molecule has 7 nitrogen and oxygen atoms in total. The molecule has 0 spiro atoms. The molecule has 9 heteroatoms. The van der Waals surface area contributed by atoms with Crippen molar-refractivity contribution in [3.63, 3.8) is 0 Å². The number of thiophene rings is 1. The van der Waals surface area contributed by atoms with E-state index in [1.165, 1.54) is 18.4 Å². The van der Waals surface area contributed by atoms with Crippen molar-refractivity contribution in [2.75, 3.05) is 21.3 Å². The maximum absolute atomic E-state index is 13.3. The lowest BCUT2D eigenvalue weighted by atomic mass is 10.0. The summed E-state index contributed by atoms with van der Waals surface area (Å²) in [5.41, 5.74) is 2.41. The number of Topliss-reactive ketones (excluding diaryl/α,β-unsaturated/α-hetero) is 1. The molecule has 4 aromatic rings. The lowest BCUT2D eigenvalue weighted by Crippen LogP contribution is -2.13. The Bertz CT molecular complexity index is 1260. The van der Waals surface area contributed by atoms with E-state index in [0.717, 1.165) is 26.0 Å². The number of ketones is 1. The Balaban J connectivity index is 1.59. The average molecular weight is 529 g/mol. The first-order valence-corrected chi connectivity index (χ1v) is 11.5. The van der Waals surface area contributed by atoms with Crippen molar-refractivity contribution in [2.24, 2.45) is 0 Å². The van der Waals surface area contributed by atoms with Gasteiger partial charge >= 0.3 is 0 Å². The minimum atomic E-state index is -0.732. The monoisotopic (exact) mass is 528 g/mol. The molecule has 2 aromatic carbocycles. The van der Waals surface area contributed by atoms with E-state index in [9.17, 15) is 4.79 Å². The third-order valence-corrected chi connectivity index (χ3v) is 6.97. The molecular formula is C24H21BrN2O5S. The second-order valence-electron chi connectivity index (χ2n) is 7.09. The first-order valence-electron chi connectivity index (χ1n) is 9.94. The minimum absolute atomic E-state index is 0.119. The highest BCUT2D eigenvalue weighted by Crippen LogP contribution is 2.41. The molecule has 0 radical (unpaired) electrons. The van der Waals surface area contributed by atoms with Crippen LogP contribution in [0.5, 0.6) is 11.5 Å². The zero-order chi connectivity index (χ0) is 23.5.